The summed E-state index contributed by atoms with van der Waals surface area (Å²) in [6.07, 6.45) is 2.47. The van der Waals surface area contributed by atoms with E-state index in [0.717, 1.165) is 28.4 Å². The Morgan fingerprint density at radius 2 is 2.32 bits per heavy atom. The third-order valence-corrected chi connectivity index (χ3v) is 4.68. The summed E-state index contributed by atoms with van der Waals surface area (Å²) in [4.78, 5) is 17.5. The first-order valence-corrected chi connectivity index (χ1v) is 8.22. The second-order valence-electron chi connectivity index (χ2n) is 4.56. The lowest BCUT2D eigenvalue weighted by Crippen LogP contribution is -2.33. The number of hydrogen-bond acceptors (Lipinski definition) is 4. The van der Waals surface area contributed by atoms with Crippen LogP contribution >= 0.6 is 22.7 Å². The van der Waals surface area contributed by atoms with E-state index in [2.05, 4.69) is 23.3 Å². The molecule has 0 spiro atoms. The van der Waals surface area contributed by atoms with Crippen molar-refractivity contribution in [3.8, 4) is 9.88 Å². The highest BCUT2D eigenvalue weighted by molar-refractivity contribution is 7.20. The molecule has 3 nitrogen and oxygen atoms in total. The number of aromatic nitrogens is 1. The smallest absolute Gasteiger partial charge is 0.226 e. The van der Waals surface area contributed by atoms with Crippen molar-refractivity contribution in [1.82, 2.24) is 10.3 Å². The predicted molar refractivity (Wildman–Crippen MR) is 81.6 cm³/mol. The van der Waals surface area contributed by atoms with Crippen LogP contribution in [0.3, 0.4) is 0 Å². The molecule has 0 aliphatic carbocycles. The van der Waals surface area contributed by atoms with Crippen LogP contribution in [0.4, 0.5) is 0 Å². The number of carbonyl (C=O) groups excluding carboxylic acids is 1. The number of thiophene rings is 1. The van der Waals surface area contributed by atoms with Crippen molar-refractivity contribution in [3.05, 3.63) is 28.6 Å². The van der Waals surface area contributed by atoms with Crippen LogP contribution in [0.15, 0.2) is 22.9 Å². The topological polar surface area (TPSA) is 42.0 Å². The van der Waals surface area contributed by atoms with Gasteiger partial charge in [0.1, 0.15) is 5.01 Å². The van der Waals surface area contributed by atoms with Gasteiger partial charge in [-0.3, -0.25) is 4.79 Å². The second kappa shape index (κ2) is 6.82. The fraction of sp³-hybridized carbons (Fsp3) is 0.429. The quantitative estimate of drug-likeness (QED) is 0.882. The molecule has 5 heteroatoms. The van der Waals surface area contributed by atoms with E-state index >= 15 is 0 Å². The number of amides is 1. The first-order chi connectivity index (χ1) is 9.19. The lowest BCUT2D eigenvalue weighted by molar-refractivity contribution is -0.121. The average Bonchev–Trinajstić information content (AvgIpc) is 2.98. The molecule has 19 heavy (non-hydrogen) atoms. The van der Waals surface area contributed by atoms with Gasteiger partial charge in [-0.1, -0.05) is 19.4 Å². The summed E-state index contributed by atoms with van der Waals surface area (Å²) in [5.41, 5.74) is 0.856. The Balaban J connectivity index is 1.91. The number of nitrogens with one attached hydrogen (secondary N) is 1. The van der Waals surface area contributed by atoms with E-state index in [4.69, 9.17) is 0 Å². The van der Waals surface area contributed by atoms with E-state index in [0.29, 0.717) is 6.42 Å². The minimum atomic E-state index is 0.0592. The number of hydrogen-bond donors (Lipinski definition) is 1. The van der Waals surface area contributed by atoms with E-state index < -0.39 is 0 Å². The van der Waals surface area contributed by atoms with Crippen LogP contribution in [-0.2, 0) is 11.2 Å². The van der Waals surface area contributed by atoms with Gasteiger partial charge < -0.3 is 5.32 Å². The summed E-state index contributed by atoms with van der Waals surface area (Å²) in [7, 11) is 0. The van der Waals surface area contributed by atoms with Crippen LogP contribution in [0.1, 0.15) is 32.4 Å². The molecular formula is C14H18N2OS2. The van der Waals surface area contributed by atoms with Crippen LogP contribution in [-0.4, -0.2) is 16.9 Å². The molecule has 102 valence electrons. The van der Waals surface area contributed by atoms with Crippen molar-refractivity contribution in [2.24, 2.45) is 0 Å². The van der Waals surface area contributed by atoms with Gasteiger partial charge in [-0.25, -0.2) is 4.98 Å². The van der Waals surface area contributed by atoms with Gasteiger partial charge in [0.2, 0.25) is 5.91 Å². The Kier molecular flexibility index (Phi) is 5.10. The standard InChI is InChI=1S/C14H18N2OS2/c1-3-5-10(2)15-13(17)8-11-9-19-14(16-11)12-6-4-7-18-12/h4,6-7,9-10H,3,5,8H2,1-2H3,(H,15,17)/t10-/m0/s1. The molecule has 0 bridgehead atoms. The number of thiazole rings is 1. The number of carbonyl (C=O) groups is 1. The van der Waals surface area contributed by atoms with Crippen LogP contribution in [0, 0.1) is 0 Å². The monoisotopic (exact) mass is 294 g/mol. The fourth-order valence-corrected chi connectivity index (χ4v) is 3.53. The van der Waals surface area contributed by atoms with Crippen LogP contribution in [0.2, 0.25) is 0 Å². The van der Waals surface area contributed by atoms with Gasteiger partial charge >= 0.3 is 0 Å². The van der Waals surface area contributed by atoms with Crippen LogP contribution in [0.5, 0.6) is 0 Å². The van der Waals surface area contributed by atoms with Crippen molar-refractivity contribution in [3.63, 3.8) is 0 Å². The predicted octanol–water partition coefficient (Wildman–Crippen LogP) is 3.72. The summed E-state index contributed by atoms with van der Waals surface area (Å²) in [6, 6.07) is 4.31. The molecule has 2 aromatic rings. The Morgan fingerprint density at radius 3 is 3.00 bits per heavy atom. The van der Waals surface area contributed by atoms with Gasteiger partial charge in [0.15, 0.2) is 0 Å². The molecule has 2 heterocycles. The lowest BCUT2D eigenvalue weighted by atomic mass is 10.2. The zero-order chi connectivity index (χ0) is 13.7. The van der Waals surface area contributed by atoms with E-state index in [1.807, 2.05) is 23.8 Å². The van der Waals surface area contributed by atoms with Crippen molar-refractivity contribution >= 4 is 28.6 Å². The Bertz CT molecular complexity index is 519. The molecule has 1 atom stereocenters. The molecule has 0 aliphatic rings. The summed E-state index contributed by atoms with van der Waals surface area (Å²) in [5.74, 6) is 0.0592. The van der Waals surface area contributed by atoms with Crippen molar-refractivity contribution in [2.75, 3.05) is 0 Å². The molecule has 0 saturated carbocycles. The largest absolute Gasteiger partial charge is 0.353 e. The minimum Gasteiger partial charge on any atom is -0.353 e. The SMILES string of the molecule is CCC[C@H](C)NC(=O)Cc1csc(-c2cccs2)n1. The van der Waals surface area contributed by atoms with Gasteiger partial charge in [-0.05, 0) is 24.8 Å². The molecule has 0 fully saturated rings. The molecule has 0 aromatic carbocycles. The van der Waals surface area contributed by atoms with Crippen LogP contribution < -0.4 is 5.32 Å². The molecule has 0 unspecified atom stereocenters. The van der Waals surface area contributed by atoms with E-state index in [1.165, 1.54) is 0 Å². The number of nitrogens with zero attached hydrogens (tertiary/aromatic N) is 1. The Morgan fingerprint density at radius 1 is 1.47 bits per heavy atom. The Hall–Kier alpha value is -1.20. The molecule has 1 amide bonds. The van der Waals surface area contributed by atoms with Gasteiger partial charge in [-0.2, -0.15) is 0 Å². The third-order valence-electron chi connectivity index (χ3n) is 2.75. The van der Waals surface area contributed by atoms with Gasteiger partial charge in [0.05, 0.1) is 17.0 Å². The zero-order valence-electron chi connectivity index (χ0n) is 11.2. The van der Waals surface area contributed by atoms with Crippen molar-refractivity contribution in [1.29, 1.82) is 0 Å². The van der Waals surface area contributed by atoms with Gasteiger partial charge in [0.25, 0.3) is 0 Å². The van der Waals surface area contributed by atoms with Crippen molar-refractivity contribution in [2.45, 2.75) is 39.2 Å². The molecular weight excluding hydrogens is 276 g/mol. The molecule has 0 saturated heterocycles. The highest BCUT2D eigenvalue weighted by Gasteiger charge is 2.11. The average molecular weight is 294 g/mol. The fourth-order valence-electron chi connectivity index (χ4n) is 1.90. The molecule has 0 radical (unpaired) electrons. The van der Waals surface area contributed by atoms with E-state index in [-0.39, 0.29) is 11.9 Å². The molecule has 2 rings (SSSR count). The van der Waals surface area contributed by atoms with Gasteiger partial charge in [-0.15, -0.1) is 22.7 Å². The lowest BCUT2D eigenvalue weighted by Gasteiger charge is -2.11. The van der Waals surface area contributed by atoms with Crippen molar-refractivity contribution < 1.29 is 4.79 Å². The number of rotatable bonds is 6. The summed E-state index contributed by atoms with van der Waals surface area (Å²) in [5, 5.41) is 8.01. The summed E-state index contributed by atoms with van der Waals surface area (Å²) >= 11 is 3.27. The zero-order valence-corrected chi connectivity index (χ0v) is 12.8. The molecule has 2 aromatic heterocycles. The van der Waals surface area contributed by atoms with Gasteiger partial charge in [0, 0.05) is 11.4 Å². The highest BCUT2D eigenvalue weighted by atomic mass is 32.1. The summed E-state index contributed by atoms with van der Waals surface area (Å²) < 4.78 is 0. The first-order valence-electron chi connectivity index (χ1n) is 6.46. The van der Waals surface area contributed by atoms with E-state index in [1.54, 1.807) is 22.7 Å². The molecule has 1 N–H and O–H groups in total. The highest BCUT2D eigenvalue weighted by Crippen LogP contribution is 2.27. The normalized spacial score (nSPS) is 12.3. The summed E-state index contributed by atoms with van der Waals surface area (Å²) in [6.45, 7) is 4.16. The molecule has 0 aliphatic heterocycles. The maximum Gasteiger partial charge on any atom is 0.226 e. The van der Waals surface area contributed by atoms with E-state index in [9.17, 15) is 4.79 Å². The van der Waals surface area contributed by atoms with Crippen LogP contribution in [0.25, 0.3) is 9.88 Å². The third kappa shape index (κ3) is 4.14. The minimum absolute atomic E-state index is 0.0592. The second-order valence-corrected chi connectivity index (χ2v) is 6.36. The Labute approximate surface area is 121 Å². The first kappa shape index (κ1) is 14.2. The maximum atomic E-state index is 11.8. The maximum absolute atomic E-state index is 11.8.